The number of aromatic nitrogens is 1. The van der Waals surface area contributed by atoms with Gasteiger partial charge < -0.3 is 29.0 Å². The van der Waals surface area contributed by atoms with E-state index < -0.39 is 0 Å². The molecule has 0 bridgehead atoms. The van der Waals surface area contributed by atoms with Crippen molar-refractivity contribution in [2.75, 3.05) is 58.3 Å². The number of anilines is 1. The summed E-state index contributed by atoms with van der Waals surface area (Å²) >= 11 is 0. The highest BCUT2D eigenvalue weighted by molar-refractivity contribution is 5.95. The summed E-state index contributed by atoms with van der Waals surface area (Å²) in [4.78, 5) is 10.2. The average molecular weight is 533 g/mol. The van der Waals surface area contributed by atoms with Crippen molar-refractivity contribution in [2.24, 2.45) is 5.92 Å². The molecule has 210 valence electrons. The molecule has 3 fully saturated rings. The lowest BCUT2D eigenvalue weighted by molar-refractivity contribution is 0.181. The van der Waals surface area contributed by atoms with Crippen LogP contribution in [-0.4, -0.2) is 73.8 Å². The van der Waals surface area contributed by atoms with Gasteiger partial charge in [-0.25, -0.2) is 4.98 Å². The van der Waals surface area contributed by atoms with Gasteiger partial charge in [0.1, 0.15) is 11.5 Å². The van der Waals surface area contributed by atoms with E-state index in [0.29, 0.717) is 12.5 Å². The molecule has 2 saturated heterocycles. The van der Waals surface area contributed by atoms with Gasteiger partial charge in [0, 0.05) is 42.7 Å². The minimum Gasteiger partial charge on any atom is -0.493 e. The third-order valence-corrected chi connectivity index (χ3v) is 8.73. The van der Waals surface area contributed by atoms with E-state index in [1.165, 1.54) is 64.7 Å². The molecule has 0 unspecified atom stereocenters. The van der Waals surface area contributed by atoms with Crippen LogP contribution < -0.4 is 14.8 Å². The van der Waals surface area contributed by atoms with Crippen molar-refractivity contribution in [3.63, 3.8) is 0 Å². The lowest BCUT2D eigenvalue weighted by Crippen LogP contribution is -2.37. The highest BCUT2D eigenvalue weighted by Gasteiger charge is 2.31. The SMILES string of the molecule is CCc1ccc(-c2cc(NCC3CCN(C4CC4)CC3)c3cc(OC)c(OCCCN4CCCC4)cc3n2)o1. The number of furan rings is 1. The molecular formula is C32H44N4O3. The van der Waals surface area contributed by atoms with Gasteiger partial charge in [0.15, 0.2) is 17.3 Å². The number of piperidine rings is 1. The van der Waals surface area contributed by atoms with E-state index in [9.17, 15) is 0 Å². The zero-order valence-electron chi connectivity index (χ0n) is 23.7. The number of benzene rings is 1. The first-order valence-corrected chi connectivity index (χ1v) is 15.1. The standard InChI is InChI=1S/C32H44N4O3/c1-3-25-9-10-30(39-25)29-20-27(33-22-23-11-16-36(17-12-23)24-7-8-24)26-19-31(37-2)32(21-28(26)34-29)38-18-6-15-35-13-4-5-14-35/h9-10,19-21,23-24H,3-8,11-18,22H2,1-2H3,(H,33,34). The number of aryl methyl sites for hydroxylation is 1. The van der Waals surface area contributed by atoms with Crippen molar-refractivity contribution in [1.29, 1.82) is 0 Å². The first kappa shape index (κ1) is 26.5. The summed E-state index contributed by atoms with van der Waals surface area (Å²) < 4.78 is 18.1. The fourth-order valence-corrected chi connectivity index (χ4v) is 6.18. The van der Waals surface area contributed by atoms with E-state index in [4.69, 9.17) is 18.9 Å². The van der Waals surface area contributed by atoms with Gasteiger partial charge in [-0.05, 0) is 101 Å². The van der Waals surface area contributed by atoms with Crippen LogP contribution in [0.2, 0.25) is 0 Å². The average Bonchev–Trinajstić information content (AvgIpc) is 3.47. The highest BCUT2D eigenvalue weighted by atomic mass is 16.5. The maximum Gasteiger partial charge on any atom is 0.163 e. The lowest BCUT2D eigenvalue weighted by atomic mass is 9.96. The molecule has 0 amide bonds. The second-order valence-electron chi connectivity index (χ2n) is 11.5. The number of pyridine rings is 1. The van der Waals surface area contributed by atoms with Crippen LogP contribution >= 0.6 is 0 Å². The minimum absolute atomic E-state index is 0.667. The number of hydrogen-bond acceptors (Lipinski definition) is 7. The van der Waals surface area contributed by atoms with Gasteiger partial charge in [-0.15, -0.1) is 0 Å². The molecular weight excluding hydrogens is 488 g/mol. The van der Waals surface area contributed by atoms with Gasteiger partial charge in [-0.1, -0.05) is 6.92 Å². The Hall–Kier alpha value is -2.77. The summed E-state index contributed by atoms with van der Waals surface area (Å²) in [5.74, 6) is 3.97. The largest absolute Gasteiger partial charge is 0.493 e. The summed E-state index contributed by atoms with van der Waals surface area (Å²) in [6.07, 6.45) is 9.82. The van der Waals surface area contributed by atoms with Crippen LogP contribution in [0.1, 0.15) is 57.6 Å². The first-order chi connectivity index (χ1) is 19.2. The molecule has 2 aromatic heterocycles. The highest BCUT2D eigenvalue weighted by Crippen LogP contribution is 2.38. The summed E-state index contributed by atoms with van der Waals surface area (Å²) in [7, 11) is 1.72. The van der Waals surface area contributed by atoms with Gasteiger partial charge in [0.2, 0.25) is 0 Å². The number of nitrogens with one attached hydrogen (secondary N) is 1. The fraction of sp³-hybridized carbons (Fsp3) is 0.594. The Bertz CT molecular complexity index is 1240. The zero-order valence-corrected chi connectivity index (χ0v) is 23.7. The second kappa shape index (κ2) is 12.2. The van der Waals surface area contributed by atoms with Crippen LogP contribution in [0.15, 0.2) is 34.7 Å². The smallest absolute Gasteiger partial charge is 0.163 e. The molecule has 1 aromatic carbocycles. The monoisotopic (exact) mass is 532 g/mol. The molecule has 2 aliphatic heterocycles. The number of rotatable bonds is 12. The summed E-state index contributed by atoms with van der Waals surface area (Å²) in [5.41, 5.74) is 2.81. The Morgan fingerprint density at radius 3 is 2.54 bits per heavy atom. The molecule has 4 heterocycles. The lowest BCUT2D eigenvalue weighted by Gasteiger charge is -2.32. The fourth-order valence-electron chi connectivity index (χ4n) is 6.18. The molecule has 0 radical (unpaired) electrons. The summed E-state index contributed by atoms with van der Waals surface area (Å²) in [5, 5.41) is 4.85. The predicted molar refractivity (Wildman–Crippen MR) is 157 cm³/mol. The molecule has 1 aliphatic carbocycles. The first-order valence-electron chi connectivity index (χ1n) is 15.1. The minimum atomic E-state index is 0.667. The molecule has 1 N–H and O–H groups in total. The van der Waals surface area contributed by atoms with Crippen molar-refractivity contribution in [1.82, 2.24) is 14.8 Å². The van der Waals surface area contributed by atoms with E-state index in [1.54, 1.807) is 7.11 Å². The Balaban J connectivity index is 1.22. The zero-order chi connectivity index (χ0) is 26.6. The molecule has 1 saturated carbocycles. The summed E-state index contributed by atoms with van der Waals surface area (Å²) in [6.45, 7) is 9.73. The normalized spacial score (nSPS) is 19.1. The number of nitrogens with zero attached hydrogens (tertiary/aromatic N) is 3. The maximum atomic E-state index is 6.25. The van der Waals surface area contributed by atoms with Crippen molar-refractivity contribution in [3.05, 3.63) is 36.1 Å². The van der Waals surface area contributed by atoms with E-state index in [0.717, 1.165) is 77.3 Å². The molecule has 0 spiro atoms. The number of hydrogen-bond donors (Lipinski definition) is 1. The molecule has 7 heteroatoms. The van der Waals surface area contributed by atoms with Crippen LogP contribution in [-0.2, 0) is 6.42 Å². The molecule has 6 rings (SSSR count). The Morgan fingerprint density at radius 1 is 1.00 bits per heavy atom. The Kier molecular flexibility index (Phi) is 8.26. The number of methoxy groups -OCH3 is 1. The molecule has 0 atom stereocenters. The van der Waals surface area contributed by atoms with Crippen LogP contribution in [0.5, 0.6) is 11.5 Å². The van der Waals surface area contributed by atoms with Crippen molar-refractivity contribution in [2.45, 2.75) is 64.3 Å². The maximum absolute atomic E-state index is 6.25. The van der Waals surface area contributed by atoms with E-state index in [-0.39, 0.29) is 0 Å². The second-order valence-corrected chi connectivity index (χ2v) is 11.5. The van der Waals surface area contributed by atoms with Crippen LogP contribution in [0.25, 0.3) is 22.4 Å². The van der Waals surface area contributed by atoms with Gasteiger partial charge in [0.05, 0.1) is 19.2 Å². The predicted octanol–water partition coefficient (Wildman–Crippen LogP) is 6.22. The molecule has 3 aliphatic rings. The quantitative estimate of drug-likeness (QED) is 0.278. The Morgan fingerprint density at radius 2 is 1.82 bits per heavy atom. The van der Waals surface area contributed by atoms with Gasteiger partial charge in [0.25, 0.3) is 0 Å². The third-order valence-electron chi connectivity index (χ3n) is 8.73. The third kappa shape index (κ3) is 6.36. The van der Waals surface area contributed by atoms with Crippen LogP contribution in [0, 0.1) is 5.92 Å². The number of fused-ring (bicyclic) bond motifs is 1. The van der Waals surface area contributed by atoms with Gasteiger partial charge in [-0.2, -0.15) is 0 Å². The molecule has 39 heavy (non-hydrogen) atoms. The molecule has 3 aromatic rings. The molecule has 7 nitrogen and oxygen atoms in total. The van der Waals surface area contributed by atoms with Gasteiger partial charge in [-0.3, -0.25) is 0 Å². The van der Waals surface area contributed by atoms with Crippen molar-refractivity contribution < 1.29 is 13.9 Å². The van der Waals surface area contributed by atoms with Crippen molar-refractivity contribution >= 4 is 16.6 Å². The van der Waals surface area contributed by atoms with Gasteiger partial charge >= 0.3 is 0 Å². The number of likely N-dealkylation sites (tertiary alicyclic amines) is 2. The number of ether oxygens (including phenoxy) is 2. The van der Waals surface area contributed by atoms with Crippen molar-refractivity contribution in [3.8, 4) is 23.0 Å². The summed E-state index contributed by atoms with van der Waals surface area (Å²) in [6, 6.07) is 11.2. The van der Waals surface area contributed by atoms with E-state index in [2.05, 4.69) is 34.2 Å². The Labute approximate surface area is 232 Å². The van der Waals surface area contributed by atoms with E-state index in [1.807, 2.05) is 18.2 Å². The van der Waals surface area contributed by atoms with E-state index >= 15 is 0 Å². The van der Waals surface area contributed by atoms with Crippen LogP contribution in [0.3, 0.4) is 0 Å². The van der Waals surface area contributed by atoms with Crippen LogP contribution in [0.4, 0.5) is 5.69 Å². The topological polar surface area (TPSA) is 63.0 Å².